The van der Waals surface area contributed by atoms with E-state index >= 15 is 0 Å². The van der Waals surface area contributed by atoms with Gasteiger partial charge in [-0.1, -0.05) is 32.0 Å². The van der Waals surface area contributed by atoms with Gasteiger partial charge in [0.05, 0.1) is 13.7 Å². The Bertz CT molecular complexity index is 682. The van der Waals surface area contributed by atoms with Crippen LogP contribution < -0.4 is 10.6 Å². The van der Waals surface area contributed by atoms with Crippen LogP contribution in [0.2, 0.25) is 0 Å². The van der Waals surface area contributed by atoms with Gasteiger partial charge in [-0.15, -0.1) is 0 Å². The van der Waals surface area contributed by atoms with Crippen molar-refractivity contribution in [3.8, 4) is 0 Å². The summed E-state index contributed by atoms with van der Waals surface area (Å²) in [6.07, 6.45) is 0.402. The molecule has 2 N–H and O–H groups in total. The monoisotopic (exact) mass is 426 g/mol. The molecule has 0 fully saturated rings. The van der Waals surface area contributed by atoms with Crippen LogP contribution in [0.25, 0.3) is 0 Å². The Labute approximate surface area is 174 Å². The third kappa shape index (κ3) is 8.26. The highest BCUT2D eigenvalue weighted by Crippen LogP contribution is 2.15. The molecule has 2 amide bonds. The lowest BCUT2D eigenvalue weighted by Gasteiger charge is -2.23. The second-order valence-electron chi connectivity index (χ2n) is 6.23. The Morgan fingerprint density at radius 2 is 1.79 bits per heavy atom. The van der Waals surface area contributed by atoms with E-state index in [0.717, 1.165) is 11.8 Å². The van der Waals surface area contributed by atoms with E-state index in [2.05, 4.69) is 10.6 Å². The lowest BCUT2D eigenvalue weighted by atomic mass is 10.0. The number of hydrogen-bond donors (Lipinski definition) is 2. The third-order valence-corrected chi connectivity index (χ3v) is 4.79. The molecule has 28 heavy (non-hydrogen) atoms. The molecule has 1 unspecified atom stereocenters. The van der Waals surface area contributed by atoms with Gasteiger partial charge in [0.15, 0.2) is 5.37 Å². The molecule has 7 nitrogen and oxygen atoms in total. The molecule has 1 aromatic rings. The summed E-state index contributed by atoms with van der Waals surface area (Å²) >= 11 is 5.90. The number of nitrogens with one attached hydrogen (secondary N) is 2. The van der Waals surface area contributed by atoms with Crippen LogP contribution in [0.5, 0.6) is 0 Å². The van der Waals surface area contributed by atoms with Crippen molar-refractivity contribution in [2.75, 3.05) is 13.7 Å². The molecule has 0 spiro atoms. The molecule has 154 valence electrons. The van der Waals surface area contributed by atoms with Crippen LogP contribution in [0.4, 0.5) is 0 Å². The first-order chi connectivity index (χ1) is 13.3. The molecule has 1 rings (SSSR count). The summed E-state index contributed by atoms with van der Waals surface area (Å²) in [5.41, 5.74) is 0.445. The number of benzene rings is 1. The van der Waals surface area contributed by atoms with Crippen LogP contribution in [-0.2, 0) is 19.1 Å². The quantitative estimate of drug-likeness (QED) is 0.356. The zero-order chi connectivity index (χ0) is 21.1. The average Bonchev–Trinajstić information content (AvgIpc) is 2.66. The van der Waals surface area contributed by atoms with Crippen molar-refractivity contribution in [1.29, 1.82) is 0 Å². The van der Waals surface area contributed by atoms with E-state index in [1.165, 1.54) is 7.11 Å². The number of rotatable bonds is 9. The van der Waals surface area contributed by atoms with Gasteiger partial charge >= 0.3 is 5.97 Å². The number of hydrogen-bond acceptors (Lipinski definition) is 7. The summed E-state index contributed by atoms with van der Waals surface area (Å²) in [6.45, 7) is 5.98. The highest BCUT2D eigenvalue weighted by Gasteiger charge is 2.29. The number of carbonyl (C=O) groups excluding carboxylic acids is 3. The van der Waals surface area contributed by atoms with Crippen LogP contribution in [0.3, 0.4) is 0 Å². The van der Waals surface area contributed by atoms with Gasteiger partial charge in [0.1, 0.15) is 6.04 Å². The Balaban J connectivity index is 2.89. The van der Waals surface area contributed by atoms with Gasteiger partial charge in [0, 0.05) is 5.56 Å². The molecule has 0 aliphatic carbocycles. The Morgan fingerprint density at radius 1 is 1.14 bits per heavy atom. The van der Waals surface area contributed by atoms with Crippen molar-refractivity contribution in [2.24, 2.45) is 5.92 Å². The van der Waals surface area contributed by atoms with Gasteiger partial charge in [-0.05, 0) is 55.4 Å². The van der Waals surface area contributed by atoms with E-state index in [4.69, 9.17) is 21.7 Å². The predicted octanol–water partition coefficient (Wildman–Crippen LogP) is 2.50. The predicted molar refractivity (Wildman–Crippen MR) is 113 cm³/mol. The molecule has 1 aromatic carbocycles. The van der Waals surface area contributed by atoms with E-state index in [1.54, 1.807) is 37.3 Å². The molecule has 0 aliphatic rings. The SMILES string of the molecule is CCOC(=S)SC(NC(=O)[C@H](CC(C)C)NC(=O)c1ccccc1)C(=O)OC. The van der Waals surface area contributed by atoms with Gasteiger partial charge in [0.25, 0.3) is 5.91 Å². The van der Waals surface area contributed by atoms with Gasteiger partial charge in [-0.2, -0.15) is 0 Å². The van der Waals surface area contributed by atoms with Crippen molar-refractivity contribution in [2.45, 2.75) is 38.6 Å². The second-order valence-corrected chi connectivity index (χ2v) is 7.94. The van der Waals surface area contributed by atoms with E-state index in [0.29, 0.717) is 18.6 Å². The standard InChI is InChI=1S/C19H26N2O5S2/c1-5-26-19(27)28-17(18(24)25-4)21-16(23)14(11-12(2)3)20-15(22)13-9-7-6-8-10-13/h6-10,12,14,17H,5,11H2,1-4H3,(H,20,22)(H,21,23)/t14-,17?/m0/s1. The van der Waals surface area contributed by atoms with E-state index in [1.807, 2.05) is 13.8 Å². The van der Waals surface area contributed by atoms with Crippen LogP contribution in [0.1, 0.15) is 37.6 Å². The van der Waals surface area contributed by atoms with E-state index in [9.17, 15) is 14.4 Å². The molecular formula is C19H26N2O5S2. The Morgan fingerprint density at radius 3 is 2.32 bits per heavy atom. The number of esters is 1. The molecule has 0 radical (unpaired) electrons. The molecule has 0 saturated heterocycles. The summed E-state index contributed by atoms with van der Waals surface area (Å²) < 4.78 is 10.0. The highest BCUT2D eigenvalue weighted by atomic mass is 32.2. The largest absolute Gasteiger partial charge is 0.479 e. The highest BCUT2D eigenvalue weighted by molar-refractivity contribution is 8.23. The molecular weight excluding hydrogens is 400 g/mol. The minimum absolute atomic E-state index is 0.118. The fourth-order valence-electron chi connectivity index (χ4n) is 2.26. The fraction of sp³-hybridized carbons (Fsp3) is 0.474. The molecule has 0 bridgehead atoms. The van der Waals surface area contributed by atoms with Crippen LogP contribution in [-0.4, -0.2) is 47.3 Å². The summed E-state index contributed by atoms with van der Waals surface area (Å²) in [4.78, 5) is 37.3. The lowest BCUT2D eigenvalue weighted by Crippen LogP contribution is -2.51. The molecule has 0 heterocycles. The number of methoxy groups -OCH3 is 1. The fourth-order valence-corrected chi connectivity index (χ4v) is 3.41. The van der Waals surface area contributed by atoms with Gasteiger partial charge in [-0.3, -0.25) is 9.59 Å². The molecule has 0 saturated carbocycles. The topological polar surface area (TPSA) is 93.7 Å². The van der Waals surface area contributed by atoms with Crippen LogP contribution in [0.15, 0.2) is 30.3 Å². The lowest BCUT2D eigenvalue weighted by molar-refractivity contribution is -0.142. The van der Waals surface area contributed by atoms with E-state index in [-0.39, 0.29) is 16.2 Å². The minimum Gasteiger partial charge on any atom is -0.479 e. The van der Waals surface area contributed by atoms with Crippen molar-refractivity contribution < 1.29 is 23.9 Å². The maximum absolute atomic E-state index is 12.8. The molecule has 0 aliphatic heterocycles. The number of thioether (sulfide) groups is 1. The Hall–Kier alpha value is -2.13. The van der Waals surface area contributed by atoms with Gasteiger partial charge < -0.3 is 20.1 Å². The smallest absolute Gasteiger partial charge is 0.339 e. The molecule has 9 heteroatoms. The van der Waals surface area contributed by atoms with Crippen molar-refractivity contribution in [3.05, 3.63) is 35.9 Å². The zero-order valence-electron chi connectivity index (χ0n) is 16.4. The van der Waals surface area contributed by atoms with Gasteiger partial charge in [-0.25, -0.2) is 4.79 Å². The first kappa shape index (κ1) is 23.9. The van der Waals surface area contributed by atoms with Crippen molar-refractivity contribution >= 4 is 46.1 Å². The first-order valence-electron chi connectivity index (χ1n) is 8.86. The maximum Gasteiger partial charge on any atom is 0.339 e. The van der Waals surface area contributed by atoms with Crippen molar-refractivity contribution in [3.63, 3.8) is 0 Å². The van der Waals surface area contributed by atoms with Crippen LogP contribution >= 0.6 is 24.0 Å². The van der Waals surface area contributed by atoms with Gasteiger partial charge in [0.2, 0.25) is 10.3 Å². The number of thiocarbonyl (C=S) groups is 1. The normalized spacial score (nSPS) is 12.6. The number of carbonyl (C=O) groups is 3. The molecule has 0 aromatic heterocycles. The number of amides is 2. The summed E-state index contributed by atoms with van der Waals surface area (Å²) in [7, 11) is 1.22. The average molecular weight is 427 g/mol. The Kier molecular flexibility index (Phi) is 10.5. The second kappa shape index (κ2) is 12.4. The summed E-state index contributed by atoms with van der Waals surface area (Å²) in [6, 6.07) is 7.78. The van der Waals surface area contributed by atoms with Crippen molar-refractivity contribution in [1.82, 2.24) is 10.6 Å². The van der Waals surface area contributed by atoms with Crippen LogP contribution in [0, 0.1) is 5.92 Å². The number of ether oxygens (including phenoxy) is 2. The first-order valence-corrected chi connectivity index (χ1v) is 10.1. The minimum atomic E-state index is -1.07. The third-order valence-electron chi connectivity index (χ3n) is 3.53. The maximum atomic E-state index is 12.8. The van der Waals surface area contributed by atoms with E-state index < -0.39 is 23.3 Å². The zero-order valence-corrected chi connectivity index (χ0v) is 18.0. The molecule has 2 atom stereocenters. The summed E-state index contributed by atoms with van der Waals surface area (Å²) in [5.74, 6) is -1.40. The summed E-state index contributed by atoms with van der Waals surface area (Å²) in [5, 5.41) is 4.25.